The zero-order valence-electron chi connectivity index (χ0n) is 13.1. The molecule has 1 N–H and O–H groups in total. The van der Waals surface area contributed by atoms with Crippen molar-refractivity contribution in [3.63, 3.8) is 0 Å². The number of para-hydroxylation sites is 1. The van der Waals surface area contributed by atoms with Gasteiger partial charge in [-0.05, 0) is 29.8 Å². The van der Waals surface area contributed by atoms with Gasteiger partial charge in [0.25, 0.3) is 0 Å². The number of nitrogens with one attached hydrogen (secondary N) is 1. The maximum absolute atomic E-state index is 12.0. The normalized spacial score (nSPS) is 9.83. The maximum Gasteiger partial charge on any atom is 0.339 e. The lowest BCUT2D eigenvalue weighted by molar-refractivity contribution is -0.113. The molecule has 5 nitrogen and oxygen atoms in total. The molecule has 122 valence electrons. The van der Waals surface area contributed by atoms with Gasteiger partial charge in [-0.1, -0.05) is 24.3 Å². The number of carbonyl (C=O) groups excluding carboxylic acids is 2. The van der Waals surface area contributed by atoms with Crippen molar-refractivity contribution in [2.45, 2.75) is 5.75 Å². The molecular weight excluding hydrogens is 324 g/mol. The summed E-state index contributed by atoms with van der Waals surface area (Å²) in [5.41, 5.74) is 2.42. The lowest BCUT2D eigenvalue weighted by Gasteiger charge is -2.09. The van der Waals surface area contributed by atoms with E-state index in [0.717, 1.165) is 5.56 Å². The highest BCUT2D eigenvalue weighted by Crippen LogP contribution is 2.17. The summed E-state index contributed by atoms with van der Waals surface area (Å²) >= 11 is 1.46. The van der Waals surface area contributed by atoms with Crippen molar-refractivity contribution in [2.75, 3.05) is 18.2 Å². The van der Waals surface area contributed by atoms with E-state index in [9.17, 15) is 9.59 Å². The number of hydrogen-bond donors (Lipinski definition) is 1. The summed E-state index contributed by atoms with van der Waals surface area (Å²) in [4.78, 5) is 23.7. The van der Waals surface area contributed by atoms with Crippen LogP contribution in [-0.4, -0.2) is 24.7 Å². The summed E-state index contributed by atoms with van der Waals surface area (Å²) in [6, 6.07) is 16.0. The van der Waals surface area contributed by atoms with Crippen molar-refractivity contribution < 1.29 is 14.3 Å². The van der Waals surface area contributed by atoms with Gasteiger partial charge in [0.15, 0.2) is 0 Å². The van der Waals surface area contributed by atoms with Crippen molar-refractivity contribution in [2.24, 2.45) is 0 Å². The maximum atomic E-state index is 12.0. The second kappa shape index (κ2) is 8.75. The third kappa shape index (κ3) is 4.86. The number of anilines is 1. The largest absolute Gasteiger partial charge is 0.465 e. The van der Waals surface area contributed by atoms with Crippen LogP contribution in [0, 0.1) is 11.3 Å². The first kappa shape index (κ1) is 17.6. The highest BCUT2D eigenvalue weighted by atomic mass is 32.2. The molecule has 0 bridgehead atoms. The number of carbonyl (C=O) groups is 2. The first-order valence-electron chi connectivity index (χ1n) is 7.18. The average Bonchev–Trinajstić information content (AvgIpc) is 2.62. The molecule has 0 aromatic heterocycles. The van der Waals surface area contributed by atoms with Gasteiger partial charge in [-0.15, -0.1) is 11.8 Å². The van der Waals surface area contributed by atoms with Crippen LogP contribution in [0.5, 0.6) is 0 Å². The lowest BCUT2D eigenvalue weighted by Crippen LogP contribution is -2.17. The van der Waals surface area contributed by atoms with E-state index in [2.05, 4.69) is 11.4 Å². The lowest BCUT2D eigenvalue weighted by atomic mass is 10.2. The molecule has 0 aliphatic rings. The van der Waals surface area contributed by atoms with Gasteiger partial charge in [-0.3, -0.25) is 4.79 Å². The number of nitriles is 1. The molecule has 0 spiro atoms. The summed E-state index contributed by atoms with van der Waals surface area (Å²) in [5, 5.41) is 11.5. The van der Waals surface area contributed by atoms with Gasteiger partial charge >= 0.3 is 5.97 Å². The molecule has 24 heavy (non-hydrogen) atoms. The summed E-state index contributed by atoms with van der Waals surface area (Å²) in [6.45, 7) is 0. The van der Waals surface area contributed by atoms with Crippen LogP contribution < -0.4 is 5.32 Å². The van der Waals surface area contributed by atoms with Crippen LogP contribution in [0.1, 0.15) is 21.5 Å². The molecule has 0 saturated heterocycles. The van der Waals surface area contributed by atoms with E-state index in [0.29, 0.717) is 22.6 Å². The van der Waals surface area contributed by atoms with Crippen molar-refractivity contribution in [3.05, 3.63) is 65.2 Å². The quantitative estimate of drug-likeness (QED) is 0.817. The molecule has 0 atom stereocenters. The van der Waals surface area contributed by atoms with Crippen molar-refractivity contribution in [3.8, 4) is 6.07 Å². The van der Waals surface area contributed by atoms with Gasteiger partial charge in [0.1, 0.15) is 0 Å². The number of benzene rings is 2. The molecule has 0 aliphatic heterocycles. The van der Waals surface area contributed by atoms with E-state index in [1.165, 1.54) is 18.9 Å². The average molecular weight is 340 g/mol. The highest BCUT2D eigenvalue weighted by Gasteiger charge is 2.13. The second-order valence-corrected chi connectivity index (χ2v) is 5.87. The number of esters is 1. The van der Waals surface area contributed by atoms with Gasteiger partial charge in [0, 0.05) is 5.75 Å². The van der Waals surface area contributed by atoms with E-state index in [1.807, 2.05) is 12.1 Å². The highest BCUT2D eigenvalue weighted by molar-refractivity contribution is 7.99. The van der Waals surface area contributed by atoms with Gasteiger partial charge < -0.3 is 10.1 Å². The van der Waals surface area contributed by atoms with Crippen molar-refractivity contribution >= 4 is 29.3 Å². The Morgan fingerprint density at radius 3 is 2.54 bits per heavy atom. The van der Waals surface area contributed by atoms with Crippen molar-refractivity contribution in [1.29, 1.82) is 5.26 Å². The van der Waals surface area contributed by atoms with Gasteiger partial charge in [-0.2, -0.15) is 5.26 Å². The Balaban J connectivity index is 1.87. The predicted octanol–water partition coefficient (Wildman–Crippen LogP) is 3.22. The number of amides is 1. The first-order valence-corrected chi connectivity index (χ1v) is 8.33. The zero-order chi connectivity index (χ0) is 17.4. The summed E-state index contributed by atoms with van der Waals surface area (Å²) in [7, 11) is 1.30. The first-order chi connectivity index (χ1) is 11.6. The summed E-state index contributed by atoms with van der Waals surface area (Å²) < 4.78 is 4.70. The molecule has 0 heterocycles. The van der Waals surface area contributed by atoms with E-state index >= 15 is 0 Å². The molecule has 0 unspecified atom stereocenters. The summed E-state index contributed by atoms with van der Waals surface area (Å²) in [6.07, 6.45) is 0. The molecule has 0 saturated carbocycles. The van der Waals surface area contributed by atoms with Crippen LogP contribution >= 0.6 is 11.8 Å². The van der Waals surface area contributed by atoms with E-state index in [4.69, 9.17) is 10.00 Å². The minimum absolute atomic E-state index is 0.190. The minimum atomic E-state index is -0.490. The van der Waals surface area contributed by atoms with Crippen LogP contribution in [0.3, 0.4) is 0 Å². The van der Waals surface area contributed by atoms with Crippen LogP contribution in [-0.2, 0) is 15.3 Å². The fourth-order valence-corrected chi connectivity index (χ4v) is 2.79. The van der Waals surface area contributed by atoms with Gasteiger partial charge in [0.2, 0.25) is 5.91 Å². The van der Waals surface area contributed by atoms with Crippen LogP contribution in [0.25, 0.3) is 0 Å². The van der Waals surface area contributed by atoms with Crippen LogP contribution in [0.15, 0.2) is 48.5 Å². The van der Waals surface area contributed by atoms with E-state index in [1.54, 1.807) is 36.4 Å². The zero-order valence-corrected chi connectivity index (χ0v) is 13.9. The third-order valence-electron chi connectivity index (χ3n) is 3.19. The molecule has 2 aromatic carbocycles. The molecule has 0 fully saturated rings. The molecule has 1 amide bonds. The number of ether oxygens (including phenoxy) is 1. The predicted molar refractivity (Wildman–Crippen MR) is 93.7 cm³/mol. The van der Waals surface area contributed by atoms with E-state index in [-0.39, 0.29) is 11.7 Å². The monoisotopic (exact) mass is 340 g/mol. The standard InChI is InChI=1S/C18H16N2O3S/c1-23-18(22)15-4-2-3-5-16(15)20-17(21)12-24-11-14-8-6-13(10-19)7-9-14/h2-9H,11-12H2,1H3,(H,20,21). The Labute approximate surface area is 144 Å². The Morgan fingerprint density at radius 2 is 1.88 bits per heavy atom. The molecule has 2 aromatic rings. The fourth-order valence-electron chi connectivity index (χ4n) is 2.00. The van der Waals surface area contributed by atoms with Crippen molar-refractivity contribution in [1.82, 2.24) is 0 Å². The third-order valence-corrected chi connectivity index (χ3v) is 4.20. The summed E-state index contributed by atoms with van der Waals surface area (Å²) in [5.74, 6) is 0.244. The minimum Gasteiger partial charge on any atom is -0.465 e. The number of rotatable bonds is 6. The van der Waals surface area contributed by atoms with Crippen LogP contribution in [0.2, 0.25) is 0 Å². The topological polar surface area (TPSA) is 79.2 Å². The smallest absolute Gasteiger partial charge is 0.339 e. The number of methoxy groups -OCH3 is 1. The number of hydrogen-bond acceptors (Lipinski definition) is 5. The van der Waals surface area contributed by atoms with Crippen LogP contribution in [0.4, 0.5) is 5.69 Å². The Hall–Kier alpha value is -2.78. The molecule has 6 heteroatoms. The second-order valence-electron chi connectivity index (χ2n) is 4.89. The molecule has 0 radical (unpaired) electrons. The Bertz CT molecular complexity index is 767. The molecule has 0 aliphatic carbocycles. The Morgan fingerprint density at radius 1 is 1.17 bits per heavy atom. The molecular formula is C18H16N2O3S. The van der Waals surface area contributed by atoms with Gasteiger partial charge in [-0.25, -0.2) is 4.79 Å². The SMILES string of the molecule is COC(=O)c1ccccc1NC(=O)CSCc1ccc(C#N)cc1. The number of nitrogens with zero attached hydrogens (tertiary/aromatic N) is 1. The number of thioether (sulfide) groups is 1. The van der Waals surface area contributed by atoms with Gasteiger partial charge in [0.05, 0.1) is 35.7 Å². The van der Waals surface area contributed by atoms with E-state index < -0.39 is 5.97 Å². The Kier molecular flexibility index (Phi) is 6.41. The fraction of sp³-hybridized carbons (Fsp3) is 0.167. The molecule has 2 rings (SSSR count).